The maximum Gasteiger partial charge on any atom is 0.252 e. The predicted octanol–water partition coefficient (Wildman–Crippen LogP) is 4.24. The van der Waals surface area contributed by atoms with Crippen LogP contribution in [0, 0.1) is 0 Å². The van der Waals surface area contributed by atoms with Crippen LogP contribution < -0.4 is 5.32 Å². The van der Waals surface area contributed by atoms with E-state index in [4.69, 9.17) is 16.6 Å². The molecule has 0 aliphatic rings. The van der Waals surface area contributed by atoms with Gasteiger partial charge in [0.2, 0.25) is 0 Å². The van der Waals surface area contributed by atoms with E-state index in [1.54, 1.807) is 24.3 Å². The zero-order valence-electron chi connectivity index (χ0n) is 14.1. The van der Waals surface area contributed by atoms with Crippen LogP contribution in [0.5, 0.6) is 0 Å². The Bertz CT molecular complexity index is 930. The molecule has 1 N–H and O–H groups in total. The van der Waals surface area contributed by atoms with Gasteiger partial charge in [0.25, 0.3) is 5.91 Å². The molecule has 0 saturated carbocycles. The predicted molar refractivity (Wildman–Crippen MR) is 102 cm³/mol. The van der Waals surface area contributed by atoms with Crippen LogP contribution in [0.25, 0.3) is 11.0 Å². The smallest absolute Gasteiger partial charge is 0.252 e. The van der Waals surface area contributed by atoms with Gasteiger partial charge in [-0.2, -0.15) is 0 Å². The SMILES string of the molecule is C=C(C)Cn1c(CCNC(=O)c2ccccc2Cl)nc2ccccc21. The number of halogens is 1. The van der Waals surface area contributed by atoms with Crippen molar-refractivity contribution in [3.63, 3.8) is 0 Å². The summed E-state index contributed by atoms with van der Waals surface area (Å²) in [7, 11) is 0. The molecule has 0 saturated heterocycles. The third kappa shape index (κ3) is 3.91. The van der Waals surface area contributed by atoms with Crippen molar-refractivity contribution >= 4 is 28.5 Å². The summed E-state index contributed by atoms with van der Waals surface area (Å²) in [6, 6.07) is 15.1. The van der Waals surface area contributed by atoms with Crippen molar-refractivity contribution < 1.29 is 4.79 Å². The molecule has 128 valence electrons. The van der Waals surface area contributed by atoms with Crippen molar-refractivity contribution in [1.82, 2.24) is 14.9 Å². The second kappa shape index (κ2) is 7.53. The normalized spacial score (nSPS) is 10.8. The number of amides is 1. The number of allylic oxidation sites excluding steroid dienone is 1. The topological polar surface area (TPSA) is 46.9 Å². The Hall–Kier alpha value is -2.59. The minimum atomic E-state index is -0.173. The number of aromatic nitrogens is 2. The Morgan fingerprint density at radius 3 is 2.68 bits per heavy atom. The molecule has 0 unspecified atom stereocenters. The van der Waals surface area contributed by atoms with Crippen molar-refractivity contribution in [2.24, 2.45) is 0 Å². The highest BCUT2D eigenvalue weighted by molar-refractivity contribution is 6.33. The van der Waals surface area contributed by atoms with E-state index in [2.05, 4.69) is 22.5 Å². The first-order valence-electron chi connectivity index (χ1n) is 8.17. The molecule has 3 aromatic rings. The Kier molecular flexibility index (Phi) is 5.19. The molecular weight excluding hydrogens is 334 g/mol. The summed E-state index contributed by atoms with van der Waals surface area (Å²) >= 11 is 6.06. The zero-order valence-corrected chi connectivity index (χ0v) is 14.9. The standard InChI is InChI=1S/C20H20ClN3O/c1-14(2)13-24-18-10-6-5-9-17(18)23-19(24)11-12-22-20(25)15-7-3-4-8-16(15)21/h3-10H,1,11-13H2,2H3,(H,22,25). The summed E-state index contributed by atoms with van der Waals surface area (Å²) in [4.78, 5) is 17.0. The Balaban J connectivity index is 1.74. The number of imidazole rings is 1. The van der Waals surface area contributed by atoms with Crippen molar-refractivity contribution in [3.05, 3.63) is 77.1 Å². The first kappa shape index (κ1) is 17.2. The second-order valence-corrected chi connectivity index (χ2v) is 6.45. The maximum atomic E-state index is 12.3. The fraction of sp³-hybridized carbons (Fsp3) is 0.200. The highest BCUT2D eigenvalue weighted by Crippen LogP contribution is 2.18. The van der Waals surface area contributed by atoms with Crippen LogP contribution in [0.1, 0.15) is 23.1 Å². The highest BCUT2D eigenvalue weighted by Gasteiger charge is 2.12. The first-order chi connectivity index (χ1) is 12.1. The van der Waals surface area contributed by atoms with Gasteiger partial charge in [-0.05, 0) is 31.2 Å². The molecule has 0 spiro atoms. The molecule has 0 bridgehead atoms. The Labute approximate surface area is 152 Å². The Morgan fingerprint density at radius 1 is 1.20 bits per heavy atom. The van der Waals surface area contributed by atoms with Crippen molar-refractivity contribution in [3.8, 4) is 0 Å². The van der Waals surface area contributed by atoms with E-state index in [1.807, 2.05) is 25.1 Å². The monoisotopic (exact) mass is 353 g/mol. The molecule has 25 heavy (non-hydrogen) atoms. The van der Waals surface area contributed by atoms with Crippen LogP contribution in [-0.2, 0) is 13.0 Å². The molecule has 0 aliphatic carbocycles. The van der Waals surface area contributed by atoms with Gasteiger partial charge in [-0.1, -0.05) is 48.0 Å². The van der Waals surface area contributed by atoms with Gasteiger partial charge in [0.15, 0.2) is 0 Å². The van der Waals surface area contributed by atoms with Gasteiger partial charge >= 0.3 is 0 Å². The van der Waals surface area contributed by atoms with Gasteiger partial charge in [0.1, 0.15) is 5.82 Å². The number of nitrogens with zero attached hydrogens (tertiary/aromatic N) is 2. The largest absolute Gasteiger partial charge is 0.352 e. The van der Waals surface area contributed by atoms with E-state index >= 15 is 0 Å². The molecule has 1 heterocycles. The summed E-state index contributed by atoms with van der Waals surface area (Å²) in [5, 5.41) is 3.37. The molecule has 0 fully saturated rings. The van der Waals surface area contributed by atoms with Crippen LogP contribution >= 0.6 is 11.6 Å². The van der Waals surface area contributed by atoms with Crippen LogP contribution in [-0.4, -0.2) is 22.0 Å². The van der Waals surface area contributed by atoms with Crippen LogP contribution in [0.15, 0.2) is 60.7 Å². The number of hydrogen-bond donors (Lipinski definition) is 1. The number of rotatable bonds is 6. The third-order valence-corrected chi connectivity index (χ3v) is 4.24. The number of carbonyl (C=O) groups excluding carboxylic acids is 1. The van der Waals surface area contributed by atoms with Crippen molar-refractivity contribution in [2.45, 2.75) is 19.9 Å². The maximum absolute atomic E-state index is 12.3. The molecule has 5 heteroatoms. The van der Waals surface area contributed by atoms with Gasteiger partial charge in [-0.25, -0.2) is 4.98 Å². The lowest BCUT2D eigenvalue weighted by Gasteiger charge is -2.10. The van der Waals surface area contributed by atoms with E-state index in [1.165, 1.54) is 0 Å². The highest BCUT2D eigenvalue weighted by atomic mass is 35.5. The van der Waals surface area contributed by atoms with Gasteiger partial charge in [0.05, 0.1) is 21.6 Å². The average Bonchev–Trinajstić information content (AvgIpc) is 2.92. The molecule has 2 aromatic carbocycles. The summed E-state index contributed by atoms with van der Waals surface area (Å²) in [6.45, 7) is 7.21. The van der Waals surface area contributed by atoms with Gasteiger partial charge in [-0.3, -0.25) is 4.79 Å². The summed E-state index contributed by atoms with van der Waals surface area (Å²) < 4.78 is 2.15. The fourth-order valence-electron chi connectivity index (χ4n) is 2.79. The molecule has 1 amide bonds. The quantitative estimate of drug-likeness (QED) is 0.674. The van der Waals surface area contributed by atoms with E-state index < -0.39 is 0 Å². The number of hydrogen-bond acceptors (Lipinski definition) is 2. The number of carbonyl (C=O) groups is 1. The summed E-state index contributed by atoms with van der Waals surface area (Å²) in [5.41, 5.74) is 3.58. The number of nitrogens with one attached hydrogen (secondary N) is 1. The lowest BCUT2D eigenvalue weighted by molar-refractivity contribution is 0.0954. The molecule has 0 aliphatic heterocycles. The number of fused-ring (bicyclic) bond motifs is 1. The minimum absolute atomic E-state index is 0.173. The molecule has 4 nitrogen and oxygen atoms in total. The molecule has 3 rings (SSSR count). The molecule has 0 atom stereocenters. The molecular formula is C20H20ClN3O. The lowest BCUT2D eigenvalue weighted by atomic mass is 10.2. The van der Waals surface area contributed by atoms with E-state index in [9.17, 15) is 4.79 Å². The van der Waals surface area contributed by atoms with Crippen LogP contribution in [0.4, 0.5) is 0 Å². The van der Waals surface area contributed by atoms with E-state index in [-0.39, 0.29) is 5.91 Å². The summed E-state index contributed by atoms with van der Waals surface area (Å²) in [5.74, 6) is 0.761. The van der Waals surface area contributed by atoms with Crippen LogP contribution in [0.2, 0.25) is 5.02 Å². The lowest BCUT2D eigenvalue weighted by Crippen LogP contribution is -2.26. The van der Waals surface area contributed by atoms with E-state index in [0.717, 1.165) is 22.4 Å². The fourth-order valence-corrected chi connectivity index (χ4v) is 3.01. The third-order valence-electron chi connectivity index (χ3n) is 3.91. The molecule has 0 radical (unpaired) electrons. The van der Waals surface area contributed by atoms with Crippen molar-refractivity contribution in [1.29, 1.82) is 0 Å². The van der Waals surface area contributed by atoms with Crippen molar-refractivity contribution in [2.75, 3.05) is 6.54 Å². The number of para-hydroxylation sites is 2. The second-order valence-electron chi connectivity index (χ2n) is 6.05. The number of benzene rings is 2. The van der Waals surface area contributed by atoms with Crippen LogP contribution in [0.3, 0.4) is 0 Å². The van der Waals surface area contributed by atoms with Gasteiger partial charge in [0, 0.05) is 19.5 Å². The molecule has 1 aromatic heterocycles. The average molecular weight is 354 g/mol. The first-order valence-corrected chi connectivity index (χ1v) is 8.55. The summed E-state index contributed by atoms with van der Waals surface area (Å²) in [6.07, 6.45) is 0.637. The Morgan fingerprint density at radius 2 is 1.92 bits per heavy atom. The van der Waals surface area contributed by atoms with E-state index in [0.29, 0.717) is 30.1 Å². The van der Waals surface area contributed by atoms with Gasteiger partial charge in [-0.15, -0.1) is 0 Å². The minimum Gasteiger partial charge on any atom is -0.352 e. The zero-order chi connectivity index (χ0) is 17.8. The van der Waals surface area contributed by atoms with Gasteiger partial charge < -0.3 is 9.88 Å².